The van der Waals surface area contributed by atoms with Crippen molar-refractivity contribution in [3.05, 3.63) is 65.2 Å². The quantitative estimate of drug-likeness (QED) is 0.893. The summed E-state index contributed by atoms with van der Waals surface area (Å²) in [4.78, 5) is 0. The van der Waals surface area contributed by atoms with Crippen LogP contribution in [0.4, 0.5) is 0 Å². The Morgan fingerprint density at radius 1 is 1.15 bits per heavy atom. The van der Waals surface area contributed by atoms with Crippen LogP contribution in [0.3, 0.4) is 0 Å². The molecule has 0 radical (unpaired) electrons. The maximum atomic E-state index is 9.65. The van der Waals surface area contributed by atoms with Crippen LogP contribution in [0.1, 0.15) is 30.0 Å². The van der Waals surface area contributed by atoms with Gasteiger partial charge in [0, 0.05) is 12.1 Å². The highest BCUT2D eigenvalue weighted by Gasteiger charge is 2.31. The zero-order valence-corrected chi connectivity index (χ0v) is 11.9. The van der Waals surface area contributed by atoms with Gasteiger partial charge in [-0.05, 0) is 55.0 Å². The average molecular weight is 267 g/mol. The number of hydrogen-bond donors (Lipinski definition) is 2. The first-order valence-corrected chi connectivity index (χ1v) is 7.29. The van der Waals surface area contributed by atoms with Crippen LogP contribution in [0.25, 0.3) is 0 Å². The molecule has 0 bridgehead atoms. The summed E-state index contributed by atoms with van der Waals surface area (Å²) >= 11 is 0. The molecule has 1 aliphatic heterocycles. The lowest BCUT2D eigenvalue weighted by Gasteiger charge is -2.37. The van der Waals surface area contributed by atoms with Crippen LogP contribution in [0.2, 0.25) is 0 Å². The normalized spacial score (nSPS) is 21.4. The predicted molar refractivity (Wildman–Crippen MR) is 81.9 cm³/mol. The summed E-state index contributed by atoms with van der Waals surface area (Å²) in [6.07, 6.45) is 3.12. The van der Waals surface area contributed by atoms with E-state index in [0.29, 0.717) is 5.75 Å². The lowest BCUT2D eigenvalue weighted by molar-refractivity contribution is 0.322. The number of nitrogens with one attached hydrogen (secondary N) is 1. The lowest BCUT2D eigenvalue weighted by Crippen LogP contribution is -2.45. The number of rotatable bonds is 3. The summed E-state index contributed by atoms with van der Waals surface area (Å²) in [7, 11) is 0. The highest BCUT2D eigenvalue weighted by molar-refractivity contribution is 5.41. The van der Waals surface area contributed by atoms with E-state index in [1.165, 1.54) is 16.7 Å². The third kappa shape index (κ3) is 2.56. The van der Waals surface area contributed by atoms with Gasteiger partial charge in [0.1, 0.15) is 5.75 Å². The third-order valence-corrected chi connectivity index (χ3v) is 4.35. The molecule has 0 aromatic heterocycles. The number of benzene rings is 2. The standard InChI is InChI=1S/C18H21NO/c1-18(11-9-14-5-3-2-4-6-14)17-8-7-16(20)13-15(17)10-12-19-18/h2-8,13,19-20H,9-12H2,1H3. The Balaban J connectivity index is 1.83. The Morgan fingerprint density at radius 2 is 1.95 bits per heavy atom. The van der Waals surface area contributed by atoms with Gasteiger partial charge in [0.05, 0.1) is 0 Å². The van der Waals surface area contributed by atoms with Gasteiger partial charge in [0.15, 0.2) is 0 Å². The van der Waals surface area contributed by atoms with Crippen molar-refractivity contribution in [1.82, 2.24) is 5.32 Å². The molecule has 2 aromatic rings. The van der Waals surface area contributed by atoms with Gasteiger partial charge >= 0.3 is 0 Å². The van der Waals surface area contributed by atoms with E-state index in [0.717, 1.165) is 25.8 Å². The van der Waals surface area contributed by atoms with Crippen LogP contribution >= 0.6 is 0 Å². The Labute approximate surface area is 120 Å². The Kier molecular flexibility index (Phi) is 3.49. The van der Waals surface area contributed by atoms with E-state index in [1.807, 2.05) is 6.07 Å². The van der Waals surface area contributed by atoms with Crippen LogP contribution in [0.5, 0.6) is 5.75 Å². The number of hydrogen-bond acceptors (Lipinski definition) is 2. The van der Waals surface area contributed by atoms with Crippen LogP contribution in [0, 0.1) is 0 Å². The summed E-state index contributed by atoms with van der Waals surface area (Å²) in [6.45, 7) is 3.24. The van der Waals surface area contributed by atoms with Crippen molar-refractivity contribution in [3.63, 3.8) is 0 Å². The van der Waals surface area contributed by atoms with Crippen molar-refractivity contribution in [2.45, 2.75) is 31.7 Å². The molecule has 2 aromatic carbocycles. The fourth-order valence-corrected chi connectivity index (χ4v) is 3.16. The van der Waals surface area contributed by atoms with E-state index in [9.17, 15) is 5.11 Å². The lowest BCUT2D eigenvalue weighted by atomic mass is 9.80. The molecule has 1 unspecified atom stereocenters. The summed E-state index contributed by atoms with van der Waals surface area (Å²) < 4.78 is 0. The van der Waals surface area contributed by atoms with Crippen molar-refractivity contribution < 1.29 is 5.11 Å². The zero-order chi connectivity index (χ0) is 14.0. The average Bonchev–Trinajstić information content (AvgIpc) is 2.46. The SMILES string of the molecule is CC1(CCc2ccccc2)NCCc2cc(O)ccc21. The molecule has 0 fully saturated rings. The molecular weight excluding hydrogens is 246 g/mol. The maximum Gasteiger partial charge on any atom is 0.115 e. The first-order chi connectivity index (χ1) is 9.67. The predicted octanol–water partition coefficient (Wildman–Crippen LogP) is 3.39. The Bertz CT molecular complexity index is 594. The van der Waals surface area contributed by atoms with Crippen LogP contribution in [-0.2, 0) is 18.4 Å². The summed E-state index contributed by atoms with van der Waals surface area (Å²) in [5, 5.41) is 13.3. The molecule has 0 aliphatic carbocycles. The van der Waals surface area contributed by atoms with E-state index in [1.54, 1.807) is 6.07 Å². The van der Waals surface area contributed by atoms with E-state index < -0.39 is 0 Å². The first-order valence-electron chi connectivity index (χ1n) is 7.29. The minimum absolute atomic E-state index is 0.00285. The largest absolute Gasteiger partial charge is 0.508 e. The molecule has 1 heterocycles. The Hall–Kier alpha value is -1.80. The minimum Gasteiger partial charge on any atom is -0.508 e. The molecule has 20 heavy (non-hydrogen) atoms. The topological polar surface area (TPSA) is 32.3 Å². The van der Waals surface area contributed by atoms with Crippen molar-refractivity contribution in [2.24, 2.45) is 0 Å². The first kappa shape index (κ1) is 13.2. The van der Waals surface area contributed by atoms with Crippen molar-refractivity contribution in [1.29, 1.82) is 0 Å². The number of fused-ring (bicyclic) bond motifs is 1. The van der Waals surface area contributed by atoms with E-state index in [4.69, 9.17) is 0 Å². The summed E-state index contributed by atoms with van der Waals surface area (Å²) in [6, 6.07) is 16.4. The molecule has 0 spiro atoms. The van der Waals surface area contributed by atoms with Gasteiger partial charge in [-0.3, -0.25) is 0 Å². The van der Waals surface area contributed by atoms with Crippen LogP contribution < -0.4 is 5.32 Å². The number of aromatic hydroxyl groups is 1. The smallest absolute Gasteiger partial charge is 0.115 e. The number of aryl methyl sites for hydroxylation is 1. The van der Waals surface area contributed by atoms with Gasteiger partial charge in [0.2, 0.25) is 0 Å². The fraction of sp³-hybridized carbons (Fsp3) is 0.333. The molecule has 3 rings (SSSR count). The second-order valence-corrected chi connectivity index (χ2v) is 5.84. The molecule has 2 heteroatoms. The summed E-state index contributed by atoms with van der Waals surface area (Å²) in [5.41, 5.74) is 3.98. The van der Waals surface area contributed by atoms with Gasteiger partial charge < -0.3 is 10.4 Å². The zero-order valence-electron chi connectivity index (χ0n) is 11.9. The molecule has 0 amide bonds. The molecule has 2 nitrogen and oxygen atoms in total. The van der Waals surface area contributed by atoms with E-state index >= 15 is 0 Å². The molecule has 0 saturated heterocycles. The van der Waals surface area contributed by atoms with Gasteiger partial charge in [-0.1, -0.05) is 36.4 Å². The minimum atomic E-state index is -0.00285. The van der Waals surface area contributed by atoms with Gasteiger partial charge in [0.25, 0.3) is 0 Å². The molecular formula is C18H21NO. The molecule has 104 valence electrons. The number of phenolic OH excluding ortho intramolecular Hbond substituents is 1. The molecule has 1 aliphatic rings. The number of phenols is 1. The fourth-order valence-electron chi connectivity index (χ4n) is 3.16. The molecule has 2 N–H and O–H groups in total. The van der Waals surface area contributed by atoms with Crippen molar-refractivity contribution in [3.8, 4) is 5.75 Å². The summed E-state index contributed by atoms with van der Waals surface area (Å²) in [5.74, 6) is 0.371. The van der Waals surface area contributed by atoms with Gasteiger partial charge in [-0.2, -0.15) is 0 Å². The highest BCUT2D eigenvalue weighted by Crippen LogP contribution is 2.34. The third-order valence-electron chi connectivity index (χ3n) is 4.35. The second kappa shape index (κ2) is 5.29. The van der Waals surface area contributed by atoms with Crippen LogP contribution in [0.15, 0.2) is 48.5 Å². The van der Waals surface area contributed by atoms with E-state index in [2.05, 4.69) is 48.6 Å². The van der Waals surface area contributed by atoms with Gasteiger partial charge in [-0.25, -0.2) is 0 Å². The Morgan fingerprint density at radius 3 is 2.75 bits per heavy atom. The monoisotopic (exact) mass is 267 g/mol. The maximum absolute atomic E-state index is 9.65. The van der Waals surface area contributed by atoms with Crippen molar-refractivity contribution >= 4 is 0 Å². The molecule has 0 saturated carbocycles. The molecule has 1 atom stereocenters. The van der Waals surface area contributed by atoms with Gasteiger partial charge in [-0.15, -0.1) is 0 Å². The second-order valence-electron chi connectivity index (χ2n) is 5.84. The van der Waals surface area contributed by atoms with E-state index in [-0.39, 0.29) is 5.54 Å². The van der Waals surface area contributed by atoms with Crippen molar-refractivity contribution in [2.75, 3.05) is 6.54 Å². The highest BCUT2D eigenvalue weighted by atomic mass is 16.3. The van der Waals surface area contributed by atoms with Crippen LogP contribution in [-0.4, -0.2) is 11.7 Å².